The van der Waals surface area contributed by atoms with Crippen LogP contribution in [-0.2, 0) is 4.79 Å². The van der Waals surface area contributed by atoms with Gasteiger partial charge in [0, 0.05) is 42.7 Å². The summed E-state index contributed by atoms with van der Waals surface area (Å²) in [6.45, 7) is 2.31. The molecule has 2 aromatic carbocycles. The molecule has 0 aliphatic carbocycles. The third-order valence-electron chi connectivity index (χ3n) is 6.55. The Morgan fingerprint density at radius 3 is 2.03 bits per heavy atom. The first-order valence-electron chi connectivity index (χ1n) is 11.1. The van der Waals surface area contributed by atoms with Crippen molar-refractivity contribution >= 4 is 23.4 Å². The lowest BCUT2D eigenvalue weighted by atomic mass is 9.87. The number of hydrogen-bond acceptors (Lipinski definition) is 5. The minimum atomic E-state index is -0.345. The molecule has 2 heterocycles. The lowest BCUT2D eigenvalue weighted by Crippen LogP contribution is -2.37. The first-order chi connectivity index (χ1) is 16.0. The first kappa shape index (κ1) is 23.2. The van der Waals surface area contributed by atoms with Gasteiger partial charge < -0.3 is 24.0 Å². The van der Waals surface area contributed by atoms with Gasteiger partial charge in [-0.25, -0.2) is 0 Å². The average molecular weight is 473 g/mol. The monoisotopic (exact) mass is 472 g/mol. The predicted octanol–water partition coefficient (Wildman–Crippen LogP) is 3.84. The van der Waals surface area contributed by atoms with E-state index in [-0.39, 0.29) is 23.7 Å². The Morgan fingerprint density at radius 1 is 0.879 bits per heavy atom. The second kappa shape index (κ2) is 9.91. The fourth-order valence-corrected chi connectivity index (χ4v) is 4.95. The Kier molecular flexibility index (Phi) is 6.98. The Balaban J connectivity index is 1.69. The third kappa shape index (κ3) is 4.60. The van der Waals surface area contributed by atoms with Crippen molar-refractivity contribution in [3.05, 3.63) is 52.5 Å². The van der Waals surface area contributed by atoms with E-state index in [1.807, 2.05) is 17.0 Å². The number of likely N-dealkylation sites (tertiary alicyclic amines) is 2. The SMILES string of the molecule is COc1cc([C@H]2CN(C(=O)c3ccc(Cl)cc3)C[C@@H]2C(=O)N2CCCC2)cc(OC)c1OC. The van der Waals surface area contributed by atoms with Gasteiger partial charge in [-0.3, -0.25) is 9.59 Å². The van der Waals surface area contributed by atoms with Crippen LogP contribution in [0, 0.1) is 5.92 Å². The van der Waals surface area contributed by atoms with Crippen molar-refractivity contribution in [2.45, 2.75) is 18.8 Å². The number of rotatable bonds is 6. The van der Waals surface area contributed by atoms with Crippen LogP contribution in [0.2, 0.25) is 5.02 Å². The van der Waals surface area contributed by atoms with E-state index in [0.29, 0.717) is 40.9 Å². The van der Waals surface area contributed by atoms with Crippen LogP contribution in [0.1, 0.15) is 34.7 Å². The first-order valence-corrected chi connectivity index (χ1v) is 11.5. The topological polar surface area (TPSA) is 68.3 Å². The summed E-state index contributed by atoms with van der Waals surface area (Å²) in [7, 11) is 4.69. The van der Waals surface area contributed by atoms with E-state index in [2.05, 4.69) is 0 Å². The van der Waals surface area contributed by atoms with Crippen LogP contribution < -0.4 is 14.2 Å². The summed E-state index contributed by atoms with van der Waals surface area (Å²) < 4.78 is 16.5. The molecule has 2 atom stereocenters. The van der Waals surface area contributed by atoms with E-state index in [9.17, 15) is 9.59 Å². The highest BCUT2D eigenvalue weighted by atomic mass is 35.5. The number of benzene rings is 2. The summed E-state index contributed by atoms with van der Waals surface area (Å²) in [6, 6.07) is 10.6. The number of nitrogens with zero attached hydrogens (tertiary/aromatic N) is 2. The van der Waals surface area contributed by atoms with Gasteiger partial charge in [-0.1, -0.05) is 11.6 Å². The third-order valence-corrected chi connectivity index (χ3v) is 6.80. The van der Waals surface area contributed by atoms with Crippen molar-refractivity contribution in [2.24, 2.45) is 5.92 Å². The van der Waals surface area contributed by atoms with Crippen LogP contribution in [0.25, 0.3) is 0 Å². The van der Waals surface area contributed by atoms with Gasteiger partial charge in [0.05, 0.1) is 27.2 Å². The molecule has 0 aromatic heterocycles. The molecule has 2 saturated heterocycles. The van der Waals surface area contributed by atoms with Crippen molar-refractivity contribution in [1.29, 1.82) is 0 Å². The molecule has 176 valence electrons. The molecule has 2 aromatic rings. The smallest absolute Gasteiger partial charge is 0.253 e. The van der Waals surface area contributed by atoms with Crippen LogP contribution in [0.3, 0.4) is 0 Å². The van der Waals surface area contributed by atoms with Crippen LogP contribution in [-0.4, -0.2) is 69.1 Å². The molecule has 4 rings (SSSR count). The molecule has 0 N–H and O–H groups in total. The van der Waals surface area contributed by atoms with E-state index < -0.39 is 0 Å². The Bertz CT molecular complexity index is 995. The zero-order valence-corrected chi connectivity index (χ0v) is 19.9. The predicted molar refractivity (Wildman–Crippen MR) is 125 cm³/mol. The highest BCUT2D eigenvalue weighted by Crippen LogP contribution is 2.44. The fourth-order valence-electron chi connectivity index (χ4n) is 4.82. The Morgan fingerprint density at radius 2 is 1.48 bits per heavy atom. The summed E-state index contributed by atoms with van der Waals surface area (Å²) >= 11 is 5.99. The van der Waals surface area contributed by atoms with Gasteiger partial charge in [0.2, 0.25) is 11.7 Å². The van der Waals surface area contributed by atoms with Crippen molar-refractivity contribution < 1.29 is 23.8 Å². The number of hydrogen-bond donors (Lipinski definition) is 0. The second-order valence-electron chi connectivity index (χ2n) is 8.42. The molecule has 0 spiro atoms. The standard InChI is InChI=1S/C25H29ClN2O5/c1-31-21-12-17(13-22(32-2)23(21)33-3)19-14-28(24(29)16-6-8-18(26)9-7-16)15-20(19)25(30)27-10-4-5-11-27/h6-9,12-13,19-20H,4-5,10-11,14-15H2,1-3H3/t19-,20+/m1/s1. The van der Waals surface area contributed by atoms with E-state index in [4.69, 9.17) is 25.8 Å². The molecule has 7 nitrogen and oxygen atoms in total. The highest BCUT2D eigenvalue weighted by Gasteiger charge is 2.43. The molecule has 8 heteroatoms. The van der Waals surface area contributed by atoms with E-state index in [0.717, 1.165) is 31.5 Å². The molecular weight excluding hydrogens is 444 g/mol. The molecule has 2 amide bonds. The zero-order chi connectivity index (χ0) is 23.5. The fraction of sp³-hybridized carbons (Fsp3) is 0.440. The van der Waals surface area contributed by atoms with Crippen molar-refractivity contribution in [2.75, 3.05) is 47.5 Å². The van der Waals surface area contributed by atoms with Gasteiger partial charge in [-0.2, -0.15) is 0 Å². The molecule has 33 heavy (non-hydrogen) atoms. The number of carbonyl (C=O) groups excluding carboxylic acids is 2. The van der Waals surface area contributed by atoms with Crippen molar-refractivity contribution in [1.82, 2.24) is 9.80 Å². The Hall–Kier alpha value is -2.93. The zero-order valence-electron chi connectivity index (χ0n) is 19.2. The molecule has 0 radical (unpaired) electrons. The quantitative estimate of drug-likeness (QED) is 0.639. The average Bonchev–Trinajstić information content (AvgIpc) is 3.53. The second-order valence-corrected chi connectivity index (χ2v) is 8.86. The van der Waals surface area contributed by atoms with E-state index in [1.54, 1.807) is 50.5 Å². The minimum Gasteiger partial charge on any atom is -0.493 e. The molecule has 2 aliphatic heterocycles. The maximum Gasteiger partial charge on any atom is 0.253 e. The van der Waals surface area contributed by atoms with E-state index >= 15 is 0 Å². The van der Waals surface area contributed by atoms with Gasteiger partial charge in [0.25, 0.3) is 5.91 Å². The number of methoxy groups -OCH3 is 3. The van der Waals surface area contributed by atoms with Gasteiger partial charge in [0.15, 0.2) is 11.5 Å². The molecule has 2 aliphatic rings. The lowest BCUT2D eigenvalue weighted by Gasteiger charge is -2.25. The molecule has 2 fully saturated rings. The van der Waals surface area contributed by atoms with Crippen molar-refractivity contribution in [3.63, 3.8) is 0 Å². The number of halogens is 1. The van der Waals surface area contributed by atoms with Crippen LogP contribution in [0.5, 0.6) is 17.2 Å². The highest BCUT2D eigenvalue weighted by molar-refractivity contribution is 6.30. The van der Waals surface area contributed by atoms with Crippen LogP contribution in [0.15, 0.2) is 36.4 Å². The summed E-state index contributed by atoms with van der Waals surface area (Å²) in [4.78, 5) is 30.4. The molecule has 0 unspecified atom stereocenters. The number of carbonyl (C=O) groups is 2. The maximum atomic E-state index is 13.5. The summed E-state index contributed by atoms with van der Waals surface area (Å²) in [5.41, 5.74) is 1.44. The molecule has 0 saturated carbocycles. The number of amides is 2. The summed E-state index contributed by atoms with van der Waals surface area (Å²) in [6.07, 6.45) is 2.03. The molecular formula is C25H29ClN2O5. The summed E-state index contributed by atoms with van der Waals surface area (Å²) in [5, 5.41) is 0.574. The normalized spacial score (nSPS) is 20.1. The van der Waals surface area contributed by atoms with Gasteiger partial charge in [-0.05, 0) is 54.8 Å². The number of ether oxygens (including phenoxy) is 3. The van der Waals surface area contributed by atoms with Crippen molar-refractivity contribution in [3.8, 4) is 17.2 Å². The molecule has 0 bridgehead atoms. The minimum absolute atomic E-state index is 0.0951. The summed E-state index contributed by atoms with van der Waals surface area (Å²) in [5.74, 6) is 1.00. The maximum absolute atomic E-state index is 13.5. The van der Waals surface area contributed by atoms with E-state index in [1.165, 1.54) is 0 Å². The lowest BCUT2D eigenvalue weighted by molar-refractivity contribution is -0.134. The van der Waals surface area contributed by atoms with Gasteiger partial charge >= 0.3 is 0 Å². The largest absolute Gasteiger partial charge is 0.493 e. The Labute approximate surface area is 199 Å². The van der Waals surface area contributed by atoms with Gasteiger partial charge in [-0.15, -0.1) is 0 Å². The van der Waals surface area contributed by atoms with Crippen LogP contribution in [0.4, 0.5) is 0 Å². The van der Waals surface area contributed by atoms with Crippen LogP contribution >= 0.6 is 11.6 Å². The van der Waals surface area contributed by atoms with Gasteiger partial charge in [0.1, 0.15) is 0 Å².